The van der Waals surface area contributed by atoms with Crippen LogP contribution in [0.3, 0.4) is 0 Å². The number of para-hydroxylation sites is 2. The van der Waals surface area contributed by atoms with Gasteiger partial charge in [0.25, 0.3) is 5.91 Å². The van der Waals surface area contributed by atoms with Crippen LogP contribution in [-0.4, -0.2) is 54.1 Å². The highest BCUT2D eigenvalue weighted by atomic mass is 32.2. The first-order chi connectivity index (χ1) is 15.3. The first kappa shape index (κ1) is 22.0. The summed E-state index contributed by atoms with van der Waals surface area (Å²) in [6.07, 6.45) is 0. The molecule has 3 N–H and O–H groups in total. The fraction of sp³-hybridized carbons (Fsp3) is 0.318. The number of amides is 2. The Morgan fingerprint density at radius 3 is 2.66 bits per heavy atom. The Morgan fingerprint density at radius 1 is 1.16 bits per heavy atom. The molecule has 2 aromatic carbocycles. The van der Waals surface area contributed by atoms with Crippen molar-refractivity contribution in [2.75, 3.05) is 19.6 Å². The van der Waals surface area contributed by atoms with Crippen LogP contribution in [0.25, 0.3) is 11.0 Å². The number of aromatic amines is 1. The average Bonchev–Trinajstić information content (AvgIpc) is 3.21. The number of rotatable bonds is 6. The molecule has 1 aliphatic rings. The molecule has 1 aliphatic heterocycles. The molecule has 3 aromatic rings. The number of hydrogen-bond acceptors (Lipinski definition) is 5. The molecule has 1 saturated heterocycles. The van der Waals surface area contributed by atoms with E-state index < -0.39 is 15.9 Å². The quantitative estimate of drug-likeness (QED) is 0.523. The summed E-state index contributed by atoms with van der Waals surface area (Å²) in [5.41, 5.74) is 1.90. The molecule has 1 fully saturated rings. The summed E-state index contributed by atoms with van der Waals surface area (Å²) in [6.45, 7) is 4.15. The second-order valence-corrected chi connectivity index (χ2v) is 9.99. The summed E-state index contributed by atoms with van der Waals surface area (Å²) in [5.74, 6) is -0.0760. The Hall–Kier alpha value is -3.24. The SMILES string of the molecule is CC(C)[C@H](NC(=O)c1cccc(S(=O)(=O)N2CCNC(=O)C2)c1)c1nc2ccccc2[nH]1. The average molecular weight is 456 g/mol. The molecule has 1 atom stereocenters. The summed E-state index contributed by atoms with van der Waals surface area (Å²) in [5, 5.41) is 5.57. The molecule has 0 aliphatic carbocycles. The Morgan fingerprint density at radius 2 is 1.94 bits per heavy atom. The predicted octanol–water partition coefficient (Wildman–Crippen LogP) is 1.81. The Kier molecular flexibility index (Phi) is 5.98. The van der Waals surface area contributed by atoms with Gasteiger partial charge in [0.15, 0.2) is 0 Å². The zero-order valence-corrected chi connectivity index (χ0v) is 18.6. The van der Waals surface area contributed by atoms with Crippen molar-refractivity contribution in [1.82, 2.24) is 24.9 Å². The lowest BCUT2D eigenvalue weighted by Gasteiger charge is -2.26. The third-order valence-electron chi connectivity index (χ3n) is 5.39. The zero-order valence-electron chi connectivity index (χ0n) is 17.8. The topological polar surface area (TPSA) is 124 Å². The number of benzene rings is 2. The van der Waals surface area contributed by atoms with Gasteiger partial charge in [-0.3, -0.25) is 9.59 Å². The first-order valence-corrected chi connectivity index (χ1v) is 11.8. The van der Waals surface area contributed by atoms with Crippen molar-refractivity contribution in [2.24, 2.45) is 5.92 Å². The minimum Gasteiger partial charge on any atom is -0.354 e. The van der Waals surface area contributed by atoms with E-state index in [1.807, 2.05) is 38.1 Å². The van der Waals surface area contributed by atoms with Crippen LogP contribution in [0.4, 0.5) is 0 Å². The van der Waals surface area contributed by atoms with Gasteiger partial charge in [0.1, 0.15) is 5.82 Å². The first-order valence-electron chi connectivity index (χ1n) is 10.4. The smallest absolute Gasteiger partial charge is 0.251 e. The van der Waals surface area contributed by atoms with Crippen LogP contribution < -0.4 is 10.6 Å². The lowest BCUT2D eigenvalue weighted by atomic mass is 10.0. The fourth-order valence-corrected chi connectivity index (χ4v) is 5.11. The van der Waals surface area contributed by atoms with Gasteiger partial charge in [-0.05, 0) is 36.2 Å². The number of piperazine rings is 1. The number of hydrogen-bond donors (Lipinski definition) is 3. The fourth-order valence-electron chi connectivity index (χ4n) is 3.66. The lowest BCUT2D eigenvalue weighted by molar-refractivity contribution is -0.122. The summed E-state index contributed by atoms with van der Waals surface area (Å²) in [6, 6.07) is 13.1. The van der Waals surface area contributed by atoms with E-state index in [1.54, 1.807) is 6.07 Å². The molecule has 0 unspecified atom stereocenters. The van der Waals surface area contributed by atoms with Crippen molar-refractivity contribution in [3.05, 3.63) is 59.9 Å². The molecule has 168 valence electrons. The van der Waals surface area contributed by atoms with Crippen molar-refractivity contribution < 1.29 is 18.0 Å². The van der Waals surface area contributed by atoms with E-state index in [4.69, 9.17) is 0 Å². The molecule has 10 heteroatoms. The molecule has 0 radical (unpaired) electrons. The summed E-state index contributed by atoms with van der Waals surface area (Å²) < 4.78 is 27.0. The summed E-state index contributed by atoms with van der Waals surface area (Å²) >= 11 is 0. The van der Waals surface area contributed by atoms with Crippen LogP contribution in [0.2, 0.25) is 0 Å². The van der Waals surface area contributed by atoms with Crippen molar-refractivity contribution in [3.63, 3.8) is 0 Å². The van der Waals surface area contributed by atoms with Gasteiger partial charge >= 0.3 is 0 Å². The largest absolute Gasteiger partial charge is 0.354 e. The maximum absolute atomic E-state index is 13.0. The molecule has 9 nitrogen and oxygen atoms in total. The molecule has 2 heterocycles. The van der Waals surface area contributed by atoms with Crippen LogP contribution in [0.1, 0.15) is 36.1 Å². The second-order valence-electron chi connectivity index (χ2n) is 8.05. The van der Waals surface area contributed by atoms with Crippen molar-refractivity contribution in [1.29, 1.82) is 0 Å². The van der Waals surface area contributed by atoms with Gasteiger partial charge in [0.2, 0.25) is 15.9 Å². The van der Waals surface area contributed by atoms with Gasteiger partial charge in [-0.2, -0.15) is 4.31 Å². The summed E-state index contributed by atoms with van der Waals surface area (Å²) in [7, 11) is -3.89. The Labute approximate surface area is 186 Å². The van der Waals surface area contributed by atoms with E-state index >= 15 is 0 Å². The predicted molar refractivity (Wildman–Crippen MR) is 119 cm³/mol. The number of fused-ring (bicyclic) bond motifs is 1. The highest BCUT2D eigenvalue weighted by Crippen LogP contribution is 2.23. The van der Waals surface area contributed by atoms with Crippen LogP contribution in [0, 0.1) is 5.92 Å². The Bertz CT molecular complexity index is 1240. The number of imidazole rings is 1. The van der Waals surface area contributed by atoms with Gasteiger partial charge in [-0.1, -0.05) is 32.0 Å². The summed E-state index contributed by atoms with van der Waals surface area (Å²) in [4.78, 5) is 32.5. The molecular formula is C22H25N5O4S. The van der Waals surface area contributed by atoms with E-state index in [0.717, 1.165) is 15.3 Å². The lowest BCUT2D eigenvalue weighted by Crippen LogP contribution is -2.49. The number of carbonyl (C=O) groups excluding carboxylic acids is 2. The molecule has 32 heavy (non-hydrogen) atoms. The number of nitrogens with zero attached hydrogens (tertiary/aromatic N) is 2. The highest BCUT2D eigenvalue weighted by molar-refractivity contribution is 7.89. The minimum absolute atomic E-state index is 0.0234. The third-order valence-corrected chi connectivity index (χ3v) is 7.23. The van der Waals surface area contributed by atoms with Gasteiger partial charge < -0.3 is 15.6 Å². The van der Waals surface area contributed by atoms with Gasteiger partial charge in [0.05, 0.1) is 28.5 Å². The van der Waals surface area contributed by atoms with E-state index in [0.29, 0.717) is 5.82 Å². The number of nitrogens with one attached hydrogen (secondary N) is 3. The van der Waals surface area contributed by atoms with Crippen LogP contribution >= 0.6 is 0 Å². The van der Waals surface area contributed by atoms with Crippen LogP contribution in [0.5, 0.6) is 0 Å². The van der Waals surface area contributed by atoms with Crippen molar-refractivity contribution in [2.45, 2.75) is 24.8 Å². The molecule has 2 amide bonds. The maximum atomic E-state index is 13.0. The van der Waals surface area contributed by atoms with Gasteiger partial charge in [-0.25, -0.2) is 13.4 Å². The Balaban J connectivity index is 1.58. The monoisotopic (exact) mass is 455 g/mol. The molecule has 4 rings (SSSR count). The third kappa shape index (κ3) is 4.37. The van der Waals surface area contributed by atoms with E-state index in [2.05, 4.69) is 20.6 Å². The molecule has 0 saturated carbocycles. The number of sulfonamides is 1. The molecule has 0 bridgehead atoms. The standard InChI is InChI=1S/C22H25N5O4S/c1-14(2)20(21-24-17-8-3-4-9-18(17)25-21)26-22(29)15-6-5-7-16(12-15)32(30,31)27-11-10-23-19(28)13-27/h3-9,12,14,20H,10-11,13H2,1-2H3,(H,23,28)(H,24,25)(H,26,29)/t20-/m0/s1. The van der Waals surface area contributed by atoms with E-state index in [-0.39, 0.29) is 48.0 Å². The highest BCUT2D eigenvalue weighted by Gasteiger charge is 2.30. The second kappa shape index (κ2) is 8.71. The van der Waals surface area contributed by atoms with Gasteiger partial charge in [0, 0.05) is 18.7 Å². The maximum Gasteiger partial charge on any atom is 0.251 e. The molecular weight excluding hydrogens is 430 g/mol. The van der Waals surface area contributed by atoms with E-state index in [1.165, 1.54) is 18.2 Å². The molecule has 1 aromatic heterocycles. The number of carbonyl (C=O) groups is 2. The minimum atomic E-state index is -3.89. The molecule has 0 spiro atoms. The van der Waals surface area contributed by atoms with Crippen molar-refractivity contribution in [3.8, 4) is 0 Å². The zero-order chi connectivity index (χ0) is 22.9. The van der Waals surface area contributed by atoms with Crippen LogP contribution in [0.15, 0.2) is 53.4 Å². The van der Waals surface area contributed by atoms with Crippen molar-refractivity contribution >= 4 is 32.9 Å². The number of aromatic nitrogens is 2. The van der Waals surface area contributed by atoms with Gasteiger partial charge in [-0.15, -0.1) is 0 Å². The normalized spacial score (nSPS) is 16.2. The van der Waals surface area contributed by atoms with E-state index in [9.17, 15) is 18.0 Å². The van der Waals surface area contributed by atoms with Crippen LogP contribution in [-0.2, 0) is 14.8 Å². The number of H-pyrrole nitrogens is 1.